The summed E-state index contributed by atoms with van der Waals surface area (Å²) in [6, 6.07) is 0. The van der Waals surface area contributed by atoms with Crippen molar-refractivity contribution in [1.82, 2.24) is 0 Å². The van der Waals surface area contributed by atoms with Crippen LogP contribution in [0.3, 0.4) is 0 Å². The van der Waals surface area contributed by atoms with E-state index in [0.29, 0.717) is 19.3 Å². The second kappa shape index (κ2) is 69.6. The van der Waals surface area contributed by atoms with Gasteiger partial charge >= 0.3 is 17.9 Å². The first-order chi connectivity index (χ1) is 40.0. The Hall–Kier alpha value is -2.89. The predicted molar refractivity (Wildman–Crippen MR) is 353 cm³/mol. The van der Waals surface area contributed by atoms with E-state index in [1.54, 1.807) is 0 Å². The zero-order valence-electron chi connectivity index (χ0n) is 54.3. The molecule has 0 aliphatic rings. The first-order valence-electron chi connectivity index (χ1n) is 35.8. The maximum Gasteiger partial charge on any atom is 0.306 e. The van der Waals surface area contributed by atoms with E-state index in [9.17, 15) is 14.4 Å². The van der Waals surface area contributed by atoms with Crippen LogP contribution in [0, 0.1) is 0 Å². The molecule has 0 aromatic rings. The SMILES string of the molecule is CC/C=C\C/C=C\C/C=C\C/C=C\C/C=C\CCCCCCCCCC(=O)OC(COC(=O)CCCCCCCCCCCC)COC(=O)CCCCCCCCCCCCCCCCCCCCCCCCCCCCCCCC. The summed E-state index contributed by atoms with van der Waals surface area (Å²) < 4.78 is 16.9. The van der Waals surface area contributed by atoms with Crippen molar-refractivity contribution in [1.29, 1.82) is 0 Å². The van der Waals surface area contributed by atoms with E-state index >= 15 is 0 Å². The highest BCUT2D eigenvalue weighted by Crippen LogP contribution is 2.19. The van der Waals surface area contributed by atoms with Gasteiger partial charge in [-0.05, 0) is 64.2 Å². The van der Waals surface area contributed by atoms with Gasteiger partial charge in [-0.2, -0.15) is 0 Å². The van der Waals surface area contributed by atoms with Gasteiger partial charge in [0.05, 0.1) is 0 Å². The molecule has 0 aromatic carbocycles. The Bertz CT molecular complexity index is 1440. The Kier molecular flexibility index (Phi) is 67.1. The lowest BCUT2D eigenvalue weighted by molar-refractivity contribution is -0.167. The van der Waals surface area contributed by atoms with Crippen LogP contribution in [-0.4, -0.2) is 37.2 Å². The monoisotopic (exact) mass is 1130 g/mol. The van der Waals surface area contributed by atoms with Crippen molar-refractivity contribution < 1.29 is 28.6 Å². The van der Waals surface area contributed by atoms with Crippen LogP contribution in [0.5, 0.6) is 0 Å². The van der Waals surface area contributed by atoms with E-state index in [1.807, 2.05) is 0 Å². The van der Waals surface area contributed by atoms with Gasteiger partial charge in [-0.15, -0.1) is 0 Å². The molecule has 472 valence electrons. The van der Waals surface area contributed by atoms with Gasteiger partial charge in [-0.3, -0.25) is 14.4 Å². The van der Waals surface area contributed by atoms with Crippen LogP contribution in [0.4, 0.5) is 0 Å². The molecule has 0 N–H and O–H groups in total. The molecule has 0 amide bonds. The second-order valence-corrected chi connectivity index (χ2v) is 24.1. The third-order valence-electron chi connectivity index (χ3n) is 16.0. The molecule has 0 heterocycles. The van der Waals surface area contributed by atoms with Gasteiger partial charge in [0.2, 0.25) is 0 Å². The number of hydrogen-bond acceptors (Lipinski definition) is 6. The first kappa shape index (κ1) is 78.1. The van der Waals surface area contributed by atoms with Crippen LogP contribution in [0.25, 0.3) is 0 Å². The number of esters is 3. The summed E-state index contributed by atoms with van der Waals surface area (Å²) in [6.07, 6.45) is 89.9. The van der Waals surface area contributed by atoms with E-state index in [1.165, 1.54) is 244 Å². The molecule has 1 atom stereocenters. The maximum atomic E-state index is 12.9. The lowest BCUT2D eigenvalue weighted by Crippen LogP contribution is -2.30. The Morgan fingerprint density at radius 2 is 0.481 bits per heavy atom. The van der Waals surface area contributed by atoms with Crippen LogP contribution in [0.1, 0.15) is 380 Å². The van der Waals surface area contributed by atoms with Gasteiger partial charge in [-0.1, -0.05) is 358 Å². The van der Waals surface area contributed by atoms with Gasteiger partial charge in [0.25, 0.3) is 0 Å². The van der Waals surface area contributed by atoms with Gasteiger partial charge in [0, 0.05) is 19.3 Å². The summed E-state index contributed by atoms with van der Waals surface area (Å²) in [4.78, 5) is 38.3. The lowest BCUT2D eigenvalue weighted by Gasteiger charge is -2.18. The number of unbranched alkanes of at least 4 members (excludes halogenated alkanes) is 45. The molecule has 0 fully saturated rings. The molecule has 1 unspecified atom stereocenters. The Morgan fingerprint density at radius 1 is 0.259 bits per heavy atom. The highest BCUT2D eigenvalue weighted by atomic mass is 16.6. The predicted octanol–water partition coefficient (Wildman–Crippen LogP) is 24.7. The van der Waals surface area contributed by atoms with Crippen molar-refractivity contribution in [2.24, 2.45) is 0 Å². The quantitative estimate of drug-likeness (QED) is 0.0261. The Morgan fingerprint density at radius 3 is 0.753 bits per heavy atom. The Labute approximate surface area is 504 Å². The fourth-order valence-corrected chi connectivity index (χ4v) is 10.7. The van der Waals surface area contributed by atoms with Gasteiger partial charge < -0.3 is 14.2 Å². The molecule has 6 heteroatoms. The van der Waals surface area contributed by atoms with Crippen molar-refractivity contribution in [3.8, 4) is 0 Å². The van der Waals surface area contributed by atoms with Crippen molar-refractivity contribution >= 4 is 17.9 Å². The molecule has 0 bridgehead atoms. The molecular weight excluding hydrogens is 997 g/mol. The van der Waals surface area contributed by atoms with Crippen LogP contribution in [-0.2, 0) is 28.6 Å². The fraction of sp³-hybridized carbons (Fsp3) is 0.827. The molecular formula is C75H136O6. The topological polar surface area (TPSA) is 78.9 Å². The van der Waals surface area contributed by atoms with Gasteiger partial charge in [-0.25, -0.2) is 0 Å². The number of allylic oxidation sites excluding steroid dienone is 10. The third kappa shape index (κ3) is 67.8. The van der Waals surface area contributed by atoms with Gasteiger partial charge in [0.15, 0.2) is 6.10 Å². The molecule has 6 nitrogen and oxygen atoms in total. The average molecular weight is 1130 g/mol. The van der Waals surface area contributed by atoms with Crippen LogP contribution in [0.15, 0.2) is 60.8 Å². The van der Waals surface area contributed by atoms with E-state index in [0.717, 1.165) is 96.3 Å². The zero-order valence-corrected chi connectivity index (χ0v) is 54.3. The molecule has 0 aromatic heterocycles. The number of carbonyl (C=O) groups excluding carboxylic acids is 3. The minimum Gasteiger partial charge on any atom is -0.462 e. The van der Waals surface area contributed by atoms with Crippen molar-refractivity contribution in [2.45, 2.75) is 386 Å². The molecule has 81 heavy (non-hydrogen) atoms. The molecule has 0 saturated carbocycles. The number of hydrogen-bond donors (Lipinski definition) is 0. The maximum absolute atomic E-state index is 12.9. The number of carbonyl (C=O) groups is 3. The average Bonchev–Trinajstić information content (AvgIpc) is 3.47. The highest BCUT2D eigenvalue weighted by molar-refractivity contribution is 5.71. The lowest BCUT2D eigenvalue weighted by atomic mass is 10.0. The largest absolute Gasteiger partial charge is 0.462 e. The molecule has 0 aliphatic carbocycles. The van der Waals surface area contributed by atoms with Crippen LogP contribution >= 0.6 is 0 Å². The minimum atomic E-state index is -0.778. The summed E-state index contributed by atoms with van der Waals surface area (Å²) in [5.41, 5.74) is 0. The van der Waals surface area contributed by atoms with E-state index in [4.69, 9.17) is 14.2 Å². The fourth-order valence-electron chi connectivity index (χ4n) is 10.7. The number of rotatable bonds is 66. The molecule has 0 rings (SSSR count). The van der Waals surface area contributed by atoms with Crippen molar-refractivity contribution in [2.75, 3.05) is 13.2 Å². The standard InChI is InChI=1S/C75H136O6/c1-4-7-10-13-16-19-22-24-26-28-30-32-34-35-36-37-38-39-40-42-43-45-47-49-51-53-56-59-62-65-68-74(77)80-71-72(70-79-73(76)67-64-61-58-55-21-18-15-12-9-6-3)81-75(78)69-66-63-60-57-54-52-50-48-46-44-41-33-31-29-27-25-23-20-17-14-11-8-5-2/h8,11,17,20,25,27,31,33,44,46,72H,4-7,9-10,12-16,18-19,21-24,26,28-30,32,34-43,45,47-71H2,1-3H3/b11-8-,20-17-,27-25-,33-31-,46-44-. The first-order valence-corrected chi connectivity index (χ1v) is 35.8. The van der Waals surface area contributed by atoms with Crippen molar-refractivity contribution in [3.63, 3.8) is 0 Å². The van der Waals surface area contributed by atoms with E-state index in [-0.39, 0.29) is 31.1 Å². The Balaban J connectivity index is 4.14. The molecule has 0 saturated heterocycles. The van der Waals surface area contributed by atoms with Gasteiger partial charge in [0.1, 0.15) is 13.2 Å². The number of ether oxygens (including phenoxy) is 3. The normalized spacial score (nSPS) is 12.4. The zero-order chi connectivity index (χ0) is 58.5. The highest BCUT2D eigenvalue weighted by Gasteiger charge is 2.19. The molecule has 0 radical (unpaired) electrons. The third-order valence-corrected chi connectivity index (χ3v) is 16.0. The summed E-state index contributed by atoms with van der Waals surface area (Å²) in [5.74, 6) is -0.864. The van der Waals surface area contributed by atoms with Crippen molar-refractivity contribution in [3.05, 3.63) is 60.8 Å². The van der Waals surface area contributed by atoms with Crippen LogP contribution in [0.2, 0.25) is 0 Å². The van der Waals surface area contributed by atoms with E-state index < -0.39 is 6.10 Å². The second-order valence-electron chi connectivity index (χ2n) is 24.1. The summed E-state index contributed by atoms with van der Waals surface area (Å²) in [6.45, 7) is 6.57. The van der Waals surface area contributed by atoms with Crippen LogP contribution < -0.4 is 0 Å². The summed E-state index contributed by atoms with van der Waals surface area (Å²) >= 11 is 0. The smallest absolute Gasteiger partial charge is 0.306 e. The summed E-state index contributed by atoms with van der Waals surface area (Å²) in [5, 5.41) is 0. The molecule has 0 aliphatic heterocycles. The minimum absolute atomic E-state index is 0.0741. The molecule has 0 spiro atoms. The van der Waals surface area contributed by atoms with E-state index in [2.05, 4.69) is 81.5 Å². The summed E-state index contributed by atoms with van der Waals surface area (Å²) in [7, 11) is 0.